The van der Waals surface area contributed by atoms with Crippen LogP contribution in [0.4, 0.5) is 5.69 Å². The Hall–Kier alpha value is -2.99. The van der Waals surface area contributed by atoms with Crippen LogP contribution >= 0.6 is 0 Å². The molecule has 1 fully saturated rings. The number of carbonyl (C=O) groups is 1. The Balaban J connectivity index is 1.40. The first-order valence-electron chi connectivity index (χ1n) is 8.84. The Morgan fingerprint density at radius 1 is 1.15 bits per heavy atom. The maximum Gasteiger partial charge on any atom is 0.227 e. The maximum absolute atomic E-state index is 11.9. The third kappa shape index (κ3) is 3.50. The van der Waals surface area contributed by atoms with Crippen molar-refractivity contribution < 1.29 is 4.79 Å². The van der Waals surface area contributed by atoms with Gasteiger partial charge in [-0.15, -0.1) is 0 Å². The van der Waals surface area contributed by atoms with Gasteiger partial charge in [0.15, 0.2) is 0 Å². The molecular formula is C20H21N5O. The monoisotopic (exact) mass is 347 g/mol. The van der Waals surface area contributed by atoms with Crippen LogP contribution in [0.3, 0.4) is 0 Å². The molecule has 4 rings (SSSR count). The van der Waals surface area contributed by atoms with E-state index >= 15 is 0 Å². The van der Waals surface area contributed by atoms with E-state index < -0.39 is 0 Å². The van der Waals surface area contributed by atoms with Crippen LogP contribution in [0.1, 0.15) is 24.0 Å². The van der Waals surface area contributed by atoms with Gasteiger partial charge in [-0.3, -0.25) is 14.9 Å². The largest absolute Gasteiger partial charge is 0.312 e. The van der Waals surface area contributed by atoms with Gasteiger partial charge >= 0.3 is 0 Å². The molecule has 1 aliphatic rings. The normalized spacial score (nSPS) is 14.2. The molecule has 1 amide bonds. The summed E-state index contributed by atoms with van der Waals surface area (Å²) in [7, 11) is 0. The number of anilines is 1. The molecule has 0 radical (unpaired) electrons. The van der Waals surface area contributed by atoms with Crippen molar-refractivity contribution in [3.8, 4) is 11.3 Å². The van der Waals surface area contributed by atoms with Gasteiger partial charge in [-0.1, -0.05) is 12.1 Å². The Morgan fingerprint density at radius 2 is 2.12 bits per heavy atom. The van der Waals surface area contributed by atoms with Gasteiger partial charge in [0.2, 0.25) is 5.91 Å². The maximum atomic E-state index is 11.9. The first-order chi connectivity index (χ1) is 12.8. The topological polar surface area (TPSA) is 73.9 Å². The van der Waals surface area contributed by atoms with E-state index in [9.17, 15) is 4.79 Å². The van der Waals surface area contributed by atoms with E-state index in [4.69, 9.17) is 0 Å². The van der Waals surface area contributed by atoms with Gasteiger partial charge in [0.05, 0.1) is 11.9 Å². The minimum absolute atomic E-state index is 0.217. The molecule has 2 N–H and O–H groups in total. The first kappa shape index (κ1) is 16.5. The molecule has 3 aromatic rings. The molecule has 0 saturated carbocycles. The zero-order chi connectivity index (χ0) is 17.8. The number of aromatic nitrogens is 3. The average molecular weight is 347 g/mol. The van der Waals surface area contributed by atoms with Crippen LogP contribution in [-0.4, -0.2) is 27.6 Å². The predicted molar refractivity (Wildman–Crippen MR) is 100 cm³/mol. The second-order valence-electron chi connectivity index (χ2n) is 6.43. The van der Waals surface area contributed by atoms with Crippen LogP contribution in [0.15, 0.2) is 55.0 Å². The number of rotatable bonds is 6. The molecular weight excluding hydrogens is 326 g/mol. The van der Waals surface area contributed by atoms with Gasteiger partial charge in [-0.2, -0.15) is 5.10 Å². The summed E-state index contributed by atoms with van der Waals surface area (Å²) < 4.78 is 0. The summed E-state index contributed by atoms with van der Waals surface area (Å²) in [4.78, 5) is 18.0. The zero-order valence-electron chi connectivity index (χ0n) is 14.5. The molecule has 0 atom stereocenters. The third-order valence-corrected chi connectivity index (χ3v) is 4.61. The number of H-pyrrole nitrogens is 1. The molecule has 3 heterocycles. The van der Waals surface area contributed by atoms with Gasteiger partial charge in [-0.25, -0.2) is 0 Å². The summed E-state index contributed by atoms with van der Waals surface area (Å²) in [5, 5.41) is 10.7. The van der Waals surface area contributed by atoms with Gasteiger partial charge < -0.3 is 10.2 Å². The number of hydrogen-bond acceptors (Lipinski definition) is 4. The Kier molecular flexibility index (Phi) is 4.75. The molecule has 0 spiro atoms. The van der Waals surface area contributed by atoms with Gasteiger partial charge in [0.1, 0.15) is 0 Å². The van der Waals surface area contributed by atoms with E-state index in [1.54, 1.807) is 6.20 Å². The molecule has 1 aromatic carbocycles. The summed E-state index contributed by atoms with van der Waals surface area (Å²) in [5.41, 5.74) is 5.27. The molecule has 26 heavy (non-hydrogen) atoms. The van der Waals surface area contributed by atoms with Crippen molar-refractivity contribution in [1.82, 2.24) is 20.5 Å². The van der Waals surface area contributed by atoms with E-state index in [1.165, 1.54) is 0 Å². The molecule has 2 aromatic heterocycles. The highest BCUT2D eigenvalue weighted by molar-refractivity contribution is 5.95. The summed E-state index contributed by atoms with van der Waals surface area (Å²) in [6, 6.07) is 12.1. The van der Waals surface area contributed by atoms with Crippen LogP contribution < -0.4 is 10.2 Å². The van der Waals surface area contributed by atoms with E-state index in [0.717, 1.165) is 47.6 Å². The SMILES string of the molecule is O=C1CCCN1c1cccc(CNCc2cn[nH]c2-c2cccnc2)c1. The molecule has 1 saturated heterocycles. The minimum Gasteiger partial charge on any atom is -0.312 e. The number of amides is 1. The lowest BCUT2D eigenvalue weighted by atomic mass is 10.1. The van der Waals surface area contributed by atoms with Crippen molar-refractivity contribution >= 4 is 11.6 Å². The second-order valence-corrected chi connectivity index (χ2v) is 6.43. The molecule has 0 unspecified atom stereocenters. The van der Waals surface area contributed by atoms with Crippen molar-refractivity contribution in [1.29, 1.82) is 0 Å². The minimum atomic E-state index is 0.217. The number of hydrogen-bond donors (Lipinski definition) is 2. The first-order valence-corrected chi connectivity index (χ1v) is 8.84. The van der Waals surface area contributed by atoms with Gasteiger partial charge in [0.25, 0.3) is 0 Å². The molecule has 132 valence electrons. The van der Waals surface area contributed by atoms with Gasteiger partial charge in [-0.05, 0) is 36.2 Å². The average Bonchev–Trinajstić information content (AvgIpc) is 3.32. The Labute approximate surface area is 152 Å². The molecule has 0 bridgehead atoms. The summed E-state index contributed by atoms with van der Waals surface area (Å²) in [6.45, 7) is 2.25. The van der Waals surface area contributed by atoms with Crippen LogP contribution in [0.2, 0.25) is 0 Å². The van der Waals surface area contributed by atoms with Crippen molar-refractivity contribution in [2.45, 2.75) is 25.9 Å². The highest BCUT2D eigenvalue weighted by atomic mass is 16.2. The highest BCUT2D eigenvalue weighted by Crippen LogP contribution is 2.23. The molecule has 6 heteroatoms. The number of benzene rings is 1. The quantitative estimate of drug-likeness (QED) is 0.719. The third-order valence-electron chi connectivity index (χ3n) is 4.61. The van der Waals surface area contributed by atoms with Gasteiger partial charge in [0, 0.05) is 55.3 Å². The molecule has 0 aliphatic carbocycles. The fourth-order valence-electron chi connectivity index (χ4n) is 3.30. The number of pyridine rings is 1. The van der Waals surface area contributed by atoms with E-state index in [-0.39, 0.29) is 5.91 Å². The van der Waals surface area contributed by atoms with Crippen LogP contribution in [-0.2, 0) is 17.9 Å². The summed E-state index contributed by atoms with van der Waals surface area (Å²) in [5.74, 6) is 0.217. The van der Waals surface area contributed by atoms with Crippen LogP contribution in [0.5, 0.6) is 0 Å². The van der Waals surface area contributed by atoms with Crippen molar-refractivity contribution in [3.05, 3.63) is 66.1 Å². The van der Waals surface area contributed by atoms with E-state index in [2.05, 4.69) is 32.6 Å². The molecule has 6 nitrogen and oxygen atoms in total. The number of aromatic amines is 1. The van der Waals surface area contributed by atoms with Crippen molar-refractivity contribution in [2.24, 2.45) is 0 Å². The van der Waals surface area contributed by atoms with E-state index in [0.29, 0.717) is 13.0 Å². The smallest absolute Gasteiger partial charge is 0.227 e. The lowest BCUT2D eigenvalue weighted by Crippen LogP contribution is -2.23. The zero-order valence-corrected chi connectivity index (χ0v) is 14.5. The number of carbonyl (C=O) groups excluding carboxylic acids is 1. The highest BCUT2D eigenvalue weighted by Gasteiger charge is 2.21. The van der Waals surface area contributed by atoms with Crippen molar-refractivity contribution in [3.63, 3.8) is 0 Å². The summed E-state index contributed by atoms with van der Waals surface area (Å²) in [6.07, 6.45) is 7.02. The second kappa shape index (κ2) is 7.49. The lowest BCUT2D eigenvalue weighted by Gasteiger charge is -2.16. The Morgan fingerprint density at radius 3 is 2.92 bits per heavy atom. The number of nitrogens with one attached hydrogen (secondary N) is 2. The van der Waals surface area contributed by atoms with Crippen LogP contribution in [0.25, 0.3) is 11.3 Å². The van der Waals surface area contributed by atoms with E-state index in [1.807, 2.05) is 41.6 Å². The fourth-order valence-corrected chi connectivity index (χ4v) is 3.30. The van der Waals surface area contributed by atoms with Crippen molar-refractivity contribution in [2.75, 3.05) is 11.4 Å². The fraction of sp³-hybridized carbons (Fsp3) is 0.250. The summed E-state index contributed by atoms with van der Waals surface area (Å²) >= 11 is 0. The van der Waals surface area contributed by atoms with Crippen LogP contribution in [0, 0.1) is 0 Å². The Bertz CT molecular complexity index is 890. The number of nitrogens with zero attached hydrogens (tertiary/aromatic N) is 3. The lowest BCUT2D eigenvalue weighted by molar-refractivity contribution is -0.117. The predicted octanol–water partition coefficient (Wildman–Crippen LogP) is 2.89. The molecule has 1 aliphatic heterocycles. The standard InChI is InChI=1S/C20H21N5O/c26-19-7-3-9-25(19)18-6-1-4-15(10-18)11-22-13-17-14-23-24-20(17)16-5-2-8-21-12-16/h1-2,4-6,8,10,12,14,22H,3,7,9,11,13H2,(H,23,24).